The first kappa shape index (κ1) is 14.0. The van der Waals surface area contributed by atoms with Crippen molar-refractivity contribution in [1.82, 2.24) is 4.98 Å². The highest BCUT2D eigenvalue weighted by molar-refractivity contribution is 5.85. The molecule has 5 heteroatoms. The number of halogens is 1. The first-order valence-electron chi connectivity index (χ1n) is 6.19. The number of hydrogen-bond donors (Lipinski definition) is 2. The first-order valence-corrected chi connectivity index (χ1v) is 6.19. The Morgan fingerprint density at radius 1 is 1.35 bits per heavy atom. The Labute approximate surface area is 116 Å². The number of benzene rings is 1. The highest BCUT2D eigenvalue weighted by Crippen LogP contribution is 2.20. The van der Waals surface area contributed by atoms with E-state index >= 15 is 0 Å². The van der Waals surface area contributed by atoms with Crippen LogP contribution in [0.5, 0.6) is 0 Å². The molecule has 4 nitrogen and oxygen atoms in total. The number of hydrogen-bond acceptors (Lipinski definition) is 3. The maximum atomic E-state index is 13.5. The van der Waals surface area contributed by atoms with E-state index in [1.165, 1.54) is 18.3 Å². The summed E-state index contributed by atoms with van der Waals surface area (Å²) in [5.41, 5.74) is 2.09. The van der Waals surface area contributed by atoms with Gasteiger partial charge in [0.15, 0.2) is 0 Å². The Morgan fingerprint density at radius 3 is 2.65 bits per heavy atom. The number of carboxylic acids is 1. The number of carbonyl (C=O) groups is 1. The monoisotopic (exact) mass is 274 g/mol. The second kappa shape index (κ2) is 5.69. The molecule has 1 heterocycles. The summed E-state index contributed by atoms with van der Waals surface area (Å²) < 4.78 is 13.5. The van der Waals surface area contributed by atoms with Crippen molar-refractivity contribution in [2.45, 2.75) is 19.9 Å². The number of aryl methyl sites for hydroxylation is 1. The fourth-order valence-corrected chi connectivity index (χ4v) is 1.82. The van der Waals surface area contributed by atoms with E-state index in [-0.39, 0.29) is 17.6 Å². The number of aromatic carboxylic acids is 1. The zero-order chi connectivity index (χ0) is 14.7. The molecule has 0 amide bonds. The van der Waals surface area contributed by atoms with Gasteiger partial charge in [0.2, 0.25) is 0 Å². The molecule has 2 aromatic rings. The van der Waals surface area contributed by atoms with E-state index in [0.717, 1.165) is 5.56 Å². The summed E-state index contributed by atoms with van der Waals surface area (Å²) in [6.45, 7) is 3.61. The predicted molar refractivity (Wildman–Crippen MR) is 74.4 cm³/mol. The summed E-state index contributed by atoms with van der Waals surface area (Å²) in [5.74, 6) is -1.30. The molecule has 0 aliphatic heterocycles. The highest BCUT2D eigenvalue weighted by atomic mass is 19.1. The summed E-state index contributed by atoms with van der Waals surface area (Å²) in [5, 5.41) is 11.9. The van der Waals surface area contributed by atoms with Crippen LogP contribution in [0.15, 0.2) is 36.5 Å². The van der Waals surface area contributed by atoms with Gasteiger partial charge in [-0.25, -0.2) is 14.2 Å². The van der Waals surface area contributed by atoms with Gasteiger partial charge in [-0.2, -0.15) is 0 Å². The zero-order valence-corrected chi connectivity index (χ0v) is 11.2. The van der Waals surface area contributed by atoms with Crippen molar-refractivity contribution in [1.29, 1.82) is 0 Å². The van der Waals surface area contributed by atoms with E-state index in [9.17, 15) is 9.18 Å². The van der Waals surface area contributed by atoms with Crippen molar-refractivity contribution >= 4 is 11.7 Å². The van der Waals surface area contributed by atoms with Crippen LogP contribution in [-0.2, 0) is 0 Å². The minimum Gasteiger partial charge on any atom is -0.477 e. The molecular formula is C15H15FN2O2. The molecule has 1 atom stereocenters. The summed E-state index contributed by atoms with van der Waals surface area (Å²) in [4.78, 5) is 14.5. The molecular weight excluding hydrogens is 259 g/mol. The van der Waals surface area contributed by atoms with Gasteiger partial charge >= 0.3 is 5.97 Å². The molecule has 20 heavy (non-hydrogen) atoms. The Morgan fingerprint density at radius 2 is 2.10 bits per heavy atom. The van der Waals surface area contributed by atoms with Gasteiger partial charge in [-0.05, 0) is 43.2 Å². The minimum atomic E-state index is -1.06. The molecule has 2 N–H and O–H groups in total. The average Bonchev–Trinajstić information content (AvgIpc) is 2.42. The van der Waals surface area contributed by atoms with Crippen LogP contribution in [-0.4, -0.2) is 16.1 Å². The van der Waals surface area contributed by atoms with Gasteiger partial charge in [-0.1, -0.05) is 12.1 Å². The standard InChI is InChI=1S/C15H15FN2O2/c1-9-3-4-11(7-13(9)16)10(2)18-12-5-6-14(15(19)20)17-8-12/h3-8,10,18H,1-2H3,(H,19,20). The van der Waals surface area contributed by atoms with Crippen molar-refractivity contribution in [2.75, 3.05) is 5.32 Å². The second-order valence-electron chi connectivity index (χ2n) is 4.61. The van der Waals surface area contributed by atoms with Gasteiger partial charge in [-0.15, -0.1) is 0 Å². The topological polar surface area (TPSA) is 62.2 Å². The van der Waals surface area contributed by atoms with Crippen LogP contribution >= 0.6 is 0 Å². The second-order valence-corrected chi connectivity index (χ2v) is 4.61. The van der Waals surface area contributed by atoms with Crippen molar-refractivity contribution in [3.63, 3.8) is 0 Å². The zero-order valence-electron chi connectivity index (χ0n) is 11.2. The van der Waals surface area contributed by atoms with E-state index in [0.29, 0.717) is 11.3 Å². The molecule has 2 rings (SSSR count). The Bertz CT molecular complexity index is 626. The Kier molecular flexibility index (Phi) is 3.98. The lowest BCUT2D eigenvalue weighted by Gasteiger charge is -2.16. The molecule has 0 fully saturated rings. The third kappa shape index (κ3) is 3.12. The molecule has 1 aromatic carbocycles. The first-order chi connectivity index (χ1) is 9.47. The van der Waals surface area contributed by atoms with Crippen LogP contribution < -0.4 is 5.32 Å². The van der Waals surface area contributed by atoms with Crippen molar-refractivity contribution in [3.8, 4) is 0 Å². The van der Waals surface area contributed by atoms with Crippen LogP contribution in [0.4, 0.5) is 10.1 Å². The number of aromatic nitrogens is 1. The van der Waals surface area contributed by atoms with Gasteiger partial charge in [0, 0.05) is 6.04 Å². The maximum absolute atomic E-state index is 13.5. The lowest BCUT2D eigenvalue weighted by Crippen LogP contribution is -2.08. The molecule has 1 unspecified atom stereocenters. The summed E-state index contributed by atoms with van der Waals surface area (Å²) >= 11 is 0. The van der Waals surface area contributed by atoms with Gasteiger partial charge in [0.05, 0.1) is 11.9 Å². The van der Waals surface area contributed by atoms with Crippen LogP contribution in [0, 0.1) is 12.7 Å². The van der Waals surface area contributed by atoms with E-state index in [1.807, 2.05) is 13.0 Å². The van der Waals surface area contributed by atoms with Crippen molar-refractivity contribution in [3.05, 3.63) is 59.2 Å². The summed E-state index contributed by atoms with van der Waals surface area (Å²) in [6, 6.07) is 8.03. The molecule has 0 spiro atoms. The maximum Gasteiger partial charge on any atom is 0.354 e. The third-order valence-electron chi connectivity index (χ3n) is 3.06. The normalized spacial score (nSPS) is 11.9. The van der Waals surface area contributed by atoms with Crippen molar-refractivity contribution in [2.24, 2.45) is 0 Å². The van der Waals surface area contributed by atoms with Crippen LogP contribution in [0.1, 0.15) is 34.6 Å². The Balaban J connectivity index is 2.12. The molecule has 0 saturated carbocycles. The largest absolute Gasteiger partial charge is 0.477 e. The van der Waals surface area contributed by atoms with Gasteiger partial charge in [-0.3, -0.25) is 0 Å². The van der Waals surface area contributed by atoms with Crippen LogP contribution in [0.3, 0.4) is 0 Å². The van der Waals surface area contributed by atoms with Crippen LogP contribution in [0.2, 0.25) is 0 Å². The number of carboxylic acid groups (broad SMARTS) is 1. The molecule has 0 aliphatic rings. The van der Waals surface area contributed by atoms with Gasteiger partial charge in [0.1, 0.15) is 11.5 Å². The van der Waals surface area contributed by atoms with Gasteiger partial charge < -0.3 is 10.4 Å². The lowest BCUT2D eigenvalue weighted by molar-refractivity contribution is 0.0690. The third-order valence-corrected chi connectivity index (χ3v) is 3.06. The summed E-state index contributed by atoms with van der Waals surface area (Å²) in [7, 11) is 0. The average molecular weight is 274 g/mol. The molecule has 0 bridgehead atoms. The predicted octanol–water partition coefficient (Wildman–Crippen LogP) is 3.40. The van der Waals surface area contributed by atoms with Gasteiger partial charge in [0.25, 0.3) is 0 Å². The quantitative estimate of drug-likeness (QED) is 0.897. The van der Waals surface area contributed by atoms with Crippen molar-refractivity contribution < 1.29 is 14.3 Å². The molecule has 1 aromatic heterocycles. The smallest absolute Gasteiger partial charge is 0.354 e. The number of anilines is 1. The van der Waals surface area contributed by atoms with E-state index in [4.69, 9.17) is 5.11 Å². The molecule has 0 saturated heterocycles. The van der Waals surface area contributed by atoms with Crippen LogP contribution in [0.25, 0.3) is 0 Å². The SMILES string of the molecule is Cc1ccc(C(C)Nc2ccc(C(=O)O)nc2)cc1F. The summed E-state index contributed by atoms with van der Waals surface area (Å²) in [6.07, 6.45) is 1.45. The molecule has 0 radical (unpaired) electrons. The fourth-order valence-electron chi connectivity index (χ4n) is 1.82. The van der Waals surface area contributed by atoms with E-state index < -0.39 is 5.97 Å². The fraction of sp³-hybridized carbons (Fsp3) is 0.200. The van der Waals surface area contributed by atoms with E-state index in [1.54, 1.807) is 19.1 Å². The number of nitrogens with zero attached hydrogens (tertiary/aromatic N) is 1. The molecule has 0 aliphatic carbocycles. The number of pyridine rings is 1. The van der Waals surface area contributed by atoms with E-state index in [2.05, 4.69) is 10.3 Å². The highest BCUT2D eigenvalue weighted by Gasteiger charge is 2.09. The lowest BCUT2D eigenvalue weighted by atomic mass is 10.1. The number of rotatable bonds is 4. The number of nitrogens with one attached hydrogen (secondary N) is 1. The Hall–Kier alpha value is -2.43. The minimum absolute atomic E-state index is 0.00964. The molecule has 104 valence electrons.